The molecule has 1 aliphatic heterocycles. The SMILES string of the molecule is CS(=O)(=O)c1ccc(-c2cccc(CNC(=O)[C@@H]3CCCN3S(=O)(=O)c3ccc(F)cc3)c2)cc1. The van der Waals surface area contributed by atoms with Crippen molar-refractivity contribution in [1.82, 2.24) is 9.62 Å². The maximum atomic E-state index is 13.2. The second kappa shape index (κ2) is 9.88. The third kappa shape index (κ3) is 5.61. The van der Waals surface area contributed by atoms with Gasteiger partial charge in [-0.2, -0.15) is 4.31 Å². The van der Waals surface area contributed by atoms with Crippen LogP contribution < -0.4 is 5.32 Å². The monoisotopic (exact) mass is 516 g/mol. The second-order valence-electron chi connectivity index (χ2n) is 8.44. The summed E-state index contributed by atoms with van der Waals surface area (Å²) in [6.07, 6.45) is 2.11. The number of carbonyl (C=O) groups excluding carboxylic acids is 1. The molecule has 10 heteroatoms. The third-order valence-electron chi connectivity index (χ3n) is 5.94. The van der Waals surface area contributed by atoms with Gasteiger partial charge in [0.2, 0.25) is 15.9 Å². The van der Waals surface area contributed by atoms with Gasteiger partial charge in [-0.1, -0.05) is 30.3 Å². The molecule has 184 valence electrons. The molecule has 1 amide bonds. The minimum atomic E-state index is -3.93. The fraction of sp³-hybridized carbons (Fsp3) is 0.240. The largest absolute Gasteiger partial charge is 0.351 e. The molecular formula is C25H25FN2O5S2. The van der Waals surface area contributed by atoms with E-state index in [0.29, 0.717) is 12.8 Å². The average Bonchev–Trinajstić information content (AvgIpc) is 3.34. The van der Waals surface area contributed by atoms with E-state index in [4.69, 9.17) is 0 Å². The van der Waals surface area contributed by atoms with E-state index < -0.39 is 37.6 Å². The van der Waals surface area contributed by atoms with Gasteiger partial charge in [0, 0.05) is 19.3 Å². The molecule has 0 bridgehead atoms. The number of nitrogens with zero attached hydrogens (tertiary/aromatic N) is 1. The molecule has 0 spiro atoms. The van der Waals surface area contributed by atoms with E-state index >= 15 is 0 Å². The first-order chi connectivity index (χ1) is 16.6. The van der Waals surface area contributed by atoms with Crippen molar-refractivity contribution in [2.24, 2.45) is 0 Å². The van der Waals surface area contributed by atoms with E-state index in [1.807, 2.05) is 24.3 Å². The van der Waals surface area contributed by atoms with Crippen molar-refractivity contribution < 1.29 is 26.0 Å². The highest BCUT2D eigenvalue weighted by molar-refractivity contribution is 7.90. The Bertz CT molecular complexity index is 1440. The molecule has 1 saturated heterocycles. The van der Waals surface area contributed by atoms with Crippen LogP contribution in [0.1, 0.15) is 18.4 Å². The lowest BCUT2D eigenvalue weighted by molar-refractivity contribution is -0.124. The van der Waals surface area contributed by atoms with Crippen LogP contribution in [0.25, 0.3) is 11.1 Å². The van der Waals surface area contributed by atoms with Gasteiger partial charge in [-0.25, -0.2) is 21.2 Å². The summed E-state index contributed by atoms with van der Waals surface area (Å²) in [4.78, 5) is 13.1. The van der Waals surface area contributed by atoms with Crippen LogP contribution >= 0.6 is 0 Å². The standard InChI is InChI=1S/C25H25FN2O5S2/c1-34(30,31)22-11-7-19(8-12-22)20-5-2-4-18(16-20)17-27-25(29)24-6-3-15-28(24)35(32,33)23-13-9-21(26)10-14-23/h2,4-5,7-14,16,24H,3,6,15,17H2,1H3,(H,27,29)/t24-/m0/s1. The zero-order chi connectivity index (χ0) is 25.2. The highest BCUT2D eigenvalue weighted by atomic mass is 32.2. The zero-order valence-electron chi connectivity index (χ0n) is 19.0. The number of amides is 1. The van der Waals surface area contributed by atoms with Gasteiger partial charge in [0.1, 0.15) is 11.9 Å². The first-order valence-corrected chi connectivity index (χ1v) is 14.3. The summed E-state index contributed by atoms with van der Waals surface area (Å²) in [7, 11) is -7.21. The molecule has 1 atom stereocenters. The van der Waals surface area contributed by atoms with Crippen LogP contribution in [0.3, 0.4) is 0 Å². The van der Waals surface area contributed by atoms with Crippen LogP contribution in [0, 0.1) is 5.82 Å². The number of hydrogen-bond acceptors (Lipinski definition) is 5. The van der Waals surface area contributed by atoms with Crippen molar-refractivity contribution in [3.05, 3.63) is 84.2 Å². The van der Waals surface area contributed by atoms with E-state index in [0.717, 1.165) is 35.1 Å². The molecule has 1 N–H and O–H groups in total. The van der Waals surface area contributed by atoms with Crippen molar-refractivity contribution in [2.75, 3.05) is 12.8 Å². The molecule has 0 aromatic heterocycles. The molecule has 0 saturated carbocycles. The predicted octanol–water partition coefficient (Wildman–Crippen LogP) is 3.37. The van der Waals surface area contributed by atoms with E-state index in [2.05, 4.69) is 5.32 Å². The number of carbonyl (C=O) groups is 1. The molecule has 1 aliphatic rings. The Labute approximate surface area is 204 Å². The first-order valence-electron chi connectivity index (χ1n) is 11.0. The smallest absolute Gasteiger partial charge is 0.243 e. The molecule has 3 aromatic rings. The fourth-order valence-electron chi connectivity index (χ4n) is 4.09. The minimum absolute atomic E-state index is 0.0480. The molecule has 7 nitrogen and oxygen atoms in total. The van der Waals surface area contributed by atoms with Crippen LogP contribution in [-0.2, 0) is 31.2 Å². The first kappa shape index (κ1) is 25.0. The van der Waals surface area contributed by atoms with Crippen LogP contribution in [-0.4, -0.2) is 45.9 Å². The summed E-state index contributed by atoms with van der Waals surface area (Å²) in [5.74, 6) is -0.927. The van der Waals surface area contributed by atoms with Crippen LogP contribution in [0.5, 0.6) is 0 Å². The Hall–Kier alpha value is -3.08. The van der Waals surface area contributed by atoms with Crippen molar-refractivity contribution in [3.8, 4) is 11.1 Å². The Morgan fingerprint density at radius 3 is 2.26 bits per heavy atom. The minimum Gasteiger partial charge on any atom is -0.351 e. The van der Waals surface area contributed by atoms with Gasteiger partial charge in [-0.05, 0) is 72.0 Å². The molecule has 0 unspecified atom stereocenters. The van der Waals surface area contributed by atoms with E-state index in [1.165, 1.54) is 16.4 Å². The van der Waals surface area contributed by atoms with E-state index in [9.17, 15) is 26.0 Å². The van der Waals surface area contributed by atoms with Gasteiger partial charge < -0.3 is 5.32 Å². The number of rotatable bonds is 7. The highest BCUT2D eigenvalue weighted by Crippen LogP contribution is 2.27. The fourth-order valence-corrected chi connectivity index (χ4v) is 6.38. The molecule has 1 fully saturated rings. The lowest BCUT2D eigenvalue weighted by Gasteiger charge is -2.23. The third-order valence-corrected chi connectivity index (χ3v) is 8.99. The molecular weight excluding hydrogens is 491 g/mol. The lowest BCUT2D eigenvalue weighted by Crippen LogP contribution is -2.45. The summed E-state index contributed by atoms with van der Waals surface area (Å²) in [6.45, 7) is 0.422. The van der Waals surface area contributed by atoms with Crippen LogP contribution in [0.15, 0.2) is 82.6 Å². The Kier molecular flexibility index (Phi) is 7.07. The number of sulfone groups is 1. The van der Waals surface area contributed by atoms with Crippen LogP contribution in [0.4, 0.5) is 4.39 Å². The number of benzene rings is 3. The van der Waals surface area contributed by atoms with Crippen molar-refractivity contribution in [1.29, 1.82) is 0 Å². The molecule has 0 aliphatic carbocycles. The Morgan fingerprint density at radius 2 is 1.60 bits per heavy atom. The molecule has 0 radical (unpaired) electrons. The Balaban J connectivity index is 1.45. The van der Waals surface area contributed by atoms with Crippen LogP contribution in [0.2, 0.25) is 0 Å². The zero-order valence-corrected chi connectivity index (χ0v) is 20.6. The quantitative estimate of drug-likeness (QED) is 0.519. The second-order valence-corrected chi connectivity index (χ2v) is 12.3. The predicted molar refractivity (Wildman–Crippen MR) is 130 cm³/mol. The Morgan fingerprint density at radius 1 is 0.943 bits per heavy atom. The van der Waals surface area contributed by atoms with Gasteiger partial charge in [0.25, 0.3) is 0 Å². The van der Waals surface area contributed by atoms with Gasteiger partial charge in [0.15, 0.2) is 9.84 Å². The summed E-state index contributed by atoms with van der Waals surface area (Å²) in [5.41, 5.74) is 2.50. The molecule has 35 heavy (non-hydrogen) atoms. The van der Waals surface area contributed by atoms with Crippen molar-refractivity contribution in [3.63, 3.8) is 0 Å². The summed E-state index contributed by atoms with van der Waals surface area (Å²) >= 11 is 0. The van der Waals surface area contributed by atoms with E-state index in [-0.39, 0.29) is 22.9 Å². The van der Waals surface area contributed by atoms with Crippen molar-refractivity contribution >= 4 is 25.8 Å². The number of sulfonamides is 1. The summed E-state index contributed by atoms with van der Waals surface area (Å²) in [5, 5.41) is 2.83. The number of nitrogens with one attached hydrogen (secondary N) is 1. The van der Waals surface area contributed by atoms with E-state index in [1.54, 1.807) is 24.3 Å². The maximum Gasteiger partial charge on any atom is 0.243 e. The normalized spacial score (nSPS) is 16.8. The van der Waals surface area contributed by atoms with Gasteiger partial charge in [-0.15, -0.1) is 0 Å². The average molecular weight is 517 g/mol. The summed E-state index contributed by atoms with van der Waals surface area (Å²) < 4.78 is 63.8. The highest BCUT2D eigenvalue weighted by Gasteiger charge is 2.39. The van der Waals surface area contributed by atoms with Gasteiger partial charge >= 0.3 is 0 Å². The lowest BCUT2D eigenvalue weighted by atomic mass is 10.0. The number of hydrogen-bond donors (Lipinski definition) is 1. The van der Waals surface area contributed by atoms with Crippen molar-refractivity contribution in [2.45, 2.75) is 35.2 Å². The summed E-state index contributed by atoms with van der Waals surface area (Å²) in [6, 6.07) is 17.7. The molecule has 4 rings (SSSR count). The molecule has 3 aromatic carbocycles. The topological polar surface area (TPSA) is 101 Å². The number of halogens is 1. The van der Waals surface area contributed by atoms with Gasteiger partial charge in [-0.3, -0.25) is 4.79 Å². The van der Waals surface area contributed by atoms with Gasteiger partial charge in [0.05, 0.1) is 9.79 Å². The maximum absolute atomic E-state index is 13.2. The molecule has 1 heterocycles.